The van der Waals surface area contributed by atoms with E-state index in [1.54, 1.807) is 39.8 Å². The molecule has 216 valence electrons. The van der Waals surface area contributed by atoms with Gasteiger partial charge < -0.3 is 20.4 Å². The van der Waals surface area contributed by atoms with E-state index in [4.69, 9.17) is 4.74 Å². The largest absolute Gasteiger partial charge is 0.459 e. The highest BCUT2D eigenvalue weighted by Crippen LogP contribution is 2.42. The molecular formula is C27H33F3N6O4. The van der Waals surface area contributed by atoms with Crippen molar-refractivity contribution in [1.29, 1.82) is 0 Å². The van der Waals surface area contributed by atoms with Gasteiger partial charge in [-0.25, -0.2) is 22.8 Å². The van der Waals surface area contributed by atoms with Crippen LogP contribution in [-0.2, 0) is 14.9 Å². The summed E-state index contributed by atoms with van der Waals surface area (Å²) in [6.07, 6.45) is -0.0580. The Hall–Kier alpha value is -3.48. The minimum Gasteiger partial charge on any atom is -0.459 e. The molecule has 3 N–H and O–H groups in total. The van der Waals surface area contributed by atoms with Crippen molar-refractivity contribution < 1.29 is 32.1 Å². The number of hydrogen-bond acceptors (Lipinski definition) is 8. The molecule has 1 aliphatic carbocycles. The number of benzene rings is 1. The lowest BCUT2D eigenvalue weighted by Gasteiger charge is -2.33. The Labute approximate surface area is 228 Å². The van der Waals surface area contributed by atoms with Crippen LogP contribution in [0.5, 0.6) is 0 Å². The number of rotatable bonds is 6. The summed E-state index contributed by atoms with van der Waals surface area (Å²) in [5, 5.41) is 13.2. The highest BCUT2D eigenvalue weighted by atomic mass is 19.3. The third-order valence-corrected chi connectivity index (χ3v) is 7.75. The normalized spacial score (nSPS) is 22.4. The fourth-order valence-corrected chi connectivity index (χ4v) is 5.61. The van der Waals surface area contributed by atoms with Gasteiger partial charge >= 0.3 is 5.97 Å². The number of aromatic nitrogens is 4. The molecule has 13 heteroatoms. The average Bonchev–Trinajstić information content (AvgIpc) is 3.62. The quantitative estimate of drug-likeness (QED) is 0.380. The topological polar surface area (TPSA) is 135 Å². The van der Waals surface area contributed by atoms with Crippen molar-refractivity contribution in [2.45, 2.75) is 82.8 Å². The highest BCUT2D eigenvalue weighted by molar-refractivity contribution is 5.93. The summed E-state index contributed by atoms with van der Waals surface area (Å²) in [6, 6.07) is 2.35. The molecule has 1 saturated heterocycles. The number of alkyl halides is 2. The van der Waals surface area contributed by atoms with Crippen LogP contribution in [0.2, 0.25) is 0 Å². The molecule has 2 fully saturated rings. The van der Waals surface area contributed by atoms with Gasteiger partial charge in [-0.2, -0.15) is 0 Å². The van der Waals surface area contributed by atoms with E-state index < -0.39 is 40.7 Å². The van der Waals surface area contributed by atoms with E-state index >= 15 is 4.39 Å². The van der Waals surface area contributed by atoms with Crippen molar-refractivity contribution in [3.05, 3.63) is 40.7 Å². The maximum absolute atomic E-state index is 16.2. The minimum absolute atomic E-state index is 0.0120. The highest BCUT2D eigenvalue weighted by Gasteiger charge is 2.48. The molecule has 2 atom stereocenters. The smallest absolute Gasteiger partial charge is 0.318 e. The van der Waals surface area contributed by atoms with Crippen molar-refractivity contribution in [1.82, 2.24) is 30.9 Å². The Kier molecular flexibility index (Phi) is 7.13. The number of aryl methyl sites for hydroxylation is 1. The molecule has 2 aromatic heterocycles. The van der Waals surface area contributed by atoms with Gasteiger partial charge in [0, 0.05) is 24.9 Å². The summed E-state index contributed by atoms with van der Waals surface area (Å²) in [7, 11) is 0. The van der Waals surface area contributed by atoms with Gasteiger partial charge in [-0.15, -0.1) is 0 Å². The molecule has 5 rings (SSSR count). The maximum atomic E-state index is 16.2. The molecule has 0 bridgehead atoms. The van der Waals surface area contributed by atoms with E-state index in [0.717, 1.165) is 0 Å². The van der Waals surface area contributed by atoms with Crippen LogP contribution in [-0.4, -0.2) is 56.8 Å². The zero-order chi connectivity index (χ0) is 28.9. The first-order chi connectivity index (χ1) is 18.8. The molecule has 1 aromatic carbocycles. The Balaban J connectivity index is 1.53. The lowest BCUT2D eigenvalue weighted by Crippen LogP contribution is -2.43. The van der Waals surface area contributed by atoms with Crippen LogP contribution >= 0.6 is 0 Å². The standard InChI is InChI=1S/C27H33F3N6O4/c1-14-19(36-40-35-14)23(37)34-20(15-7-9-27(29,30)10-8-15)22-32-17-6-5-16(18(28)21(17)33-22)26(11-12-31-13-26)24(38)39-25(2,3)4/h5-6,15,20,31H,7-13H2,1-4H3,(H,32,33)(H,34,37). The van der Waals surface area contributed by atoms with Crippen LogP contribution in [0.4, 0.5) is 13.2 Å². The number of nitrogens with one attached hydrogen (secondary N) is 3. The second kappa shape index (κ2) is 10.2. The molecule has 2 unspecified atom stereocenters. The van der Waals surface area contributed by atoms with Crippen molar-refractivity contribution in [3.8, 4) is 0 Å². The number of aromatic amines is 1. The zero-order valence-corrected chi connectivity index (χ0v) is 22.9. The van der Waals surface area contributed by atoms with Crippen LogP contribution in [0.3, 0.4) is 0 Å². The van der Waals surface area contributed by atoms with E-state index in [0.29, 0.717) is 18.5 Å². The fourth-order valence-electron chi connectivity index (χ4n) is 5.61. The lowest BCUT2D eigenvalue weighted by atomic mass is 9.79. The molecule has 3 heterocycles. The SMILES string of the molecule is Cc1nonc1C(=O)NC(c1nc2c(F)c(C3(C(=O)OC(C)(C)C)CCNC3)ccc2[nH]1)C1CCC(F)(F)CC1. The first-order valence-corrected chi connectivity index (χ1v) is 13.4. The molecule has 40 heavy (non-hydrogen) atoms. The van der Waals surface area contributed by atoms with Gasteiger partial charge in [-0.1, -0.05) is 11.2 Å². The van der Waals surface area contributed by atoms with Gasteiger partial charge in [0.15, 0.2) is 11.5 Å². The summed E-state index contributed by atoms with van der Waals surface area (Å²) >= 11 is 0. The maximum Gasteiger partial charge on any atom is 0.318 e. The number of carbonyl (C=O) groups is 2. The number of carbonyl (C=O) groups excluding carboxylic acids is 2. The molecular weight excluding hydrogens is 529 g/mol. The molecule has 1 aliphatic heterocycles. The second-order valence-electron chi connectivity index (χ2n) is 11.8. The Morgan fingerprint density at radius 1 is 1.18 bits per heavy atom. The Bertz CT molecular complexity index is 1410. The summed E-state index contributed by atoms with van der Waals surface area (Å²) < 4.78 is 54.4. The predicted molar refractivity (Wildman–Crippen MR) is 137 cm³/mol. The van der Waals surface area contributed by atoms with Crippen LogP contribution in [0.15, 0.2) is 16.8 Å². The van der Waals surface area contributed by atoms with Crippen molar-refractivity contribution in [3.63, 3.8) is 0 Å². The number of halogens is 3. The third-order valence-electron chi connectivity index (χ3n) is 7.75. The number of amides is 1. The van der Waals surface area contributed by atoms with Crippen LogP contribution in [0.25, 0.3) is 11.0 Å². The first-order valence-electron chi connectivity index (χ1n) is 13.4. The molecule has 1 saturated carbocycles. The van der Waals surface area contributed by atoms with E-state index in [1.807, 2.05) is 0 Å². The molecule has 2 aliphatic rings. The van der Waals surface area contributed by atoms with E-state index in [9.17, 15) is 18.4 Å². The van der Waals surface area contributed by atoms with Gasteiger partial charge in [-0.3, -0.25) is 9.59 Å². The van der Waals surface area contributed by atoms with Crippen LogP contribution in [0.1, 0.15) is 86.5 Å². The van der Waals surface area contributed by atoms with Gasteiger partial charge in [0.05, 0.1) is 11.6 Å². The van der Waals surface area contributed by atoms with Crippen molar-refractivity contribution >= 4 is 22.9 Å². The Morgan fingerprint density at radius 3 is 2.50 bits per heavy atom. The summed E-state index contributed by atoms with van der Waals surface area (Å²) in [5.74, 6) is -4.75. The number of fused-ring (bicyclic) bond motifs is 1. The van der Waals surface area contributed by atoms with Crippen LogP contribution in [0, 0.1) is 18.7 Å². The summed E-state index contributed by atoms with van der Waals surface area (Å²) in [5.41, 5.74) is -1.26. The van der Waals surface area contributed by atoms with Gasteiger partial charge in [0.25, 0.3) is 5.91 Å². The lowest BCUT2D eigenvalue weighted by molar-refractivity contribution is -0.161. The van der Waals surface area contributed by atoms with Crippen LogP contribution < -0.4 is 10.6 Å². The number of H-pyrrole nitrogens is 1. The molecule has 1 amide bonds. The second-order valence-corrected chi connectivity index (χ2v) is 11.8. The predicted octanol–water partition coefficient (Wildman–Crippen LogP) is 4.26. The summed E-state index contributed by atoms with van der Waals surface area (Å²) in [6.45, 7) is 7.55. The average molecular weight is 563 g/mol. The molecule has 0 radical (unpaired) electrons. The number of imidazole rings is 1. The Morgan fingerprint density at radius 2 is 1.90 bits per heavy atom. The van der Waals surface area contributed by atoms with Gasteiger partial charge in [0.1, 0.15) is 28.1 Å². The molecule has 0 spiro atoms. The monoisotopic (exact) mass is 562 g/mol. The van der Waals surface area contributed by atoms with Crippen molar-refractivity contribution in [2.24, 2.45) is 5.92 Å². The van der Waals surface area contributed by atoms with E-state index in [-0.39, 0.29) is 66.4 Å². The van der Waals surface area contributed by atoms with Gasteiger partial charge in [-0.05, 0) is 70.6 Å². The third kappa shape index (κ3) is 5.30. The number of hydrogen-bond donors (Lipinski definition) is 3. The minimum atomic E-state index is -2.78. The van der Waals surface area contributed by atoms with Gasteiger partial charge in [0.2, 0.25) is 5.92 Å². The number of nitrogens with zero attached hydrogens (tertiary/aromatic N) is 3. The number of esters is 1. The zero-order valence-electron chi connectivity index (χ0n) is 22.9. The fraction of sp³-hybridized carbons (Fsp3) is 0.593. The first kappa shape index (κ1) is 28.1. The molecule has 10 nitrogen and oxygen atoms in total. The number of ether oxygens (including phenoxy) is 1. The van der Waals surface area contributed by atoms with Crippen molar-refractivity contribution in [2.75, 3.05) is 13.1 Å². The van der Waals surface area contributed by atoms with E-state index in [2.05, 4.69) is 35.5 Å². The summed E-state index contributed by atoms with van der Waals surface area (Å²) in [4.78, 5) is 33.9. The molecule has 3 aromatic rings. The van der Waals surface area contributed by atoms with E-state index in [1.165, 1.54) is 0 Å².